The Kier molecular flexibility index (Phi) is 7.59. The number of amides is 2. The molecular formula is C25H23N3O3S2. The van der Waals surface area contributed by atoms with E-state index in [9.17, 15) is 9.59 Å². The molecule has 0 bridgehead atoms. The Hall–Kier alpha value is -3.36. The zero-order chi connectivity index (χ0) is 23.0. The van der Waals surface area contributed by atoms with Crippen molar-refractivity contribution in [1.29, 1.82) is 0 Å². The number of thioether (sulfide) groups is 1. The van der Waals surface area contributed by atoms with Crippen LogP contribution in [-0.4, -0.2) is 35.7 Å². The van der Waals surface area contributed by atoms with Crippen molar-refractivity contribution in [3.8, 4) is 5.75 Å². The van der Waals surface area contributed by atoms with E-state index in [2.05, 4.69) is 15.6 Å². The van der Waals surface area contributed by atoms with Gasteiger partial charge < -0.3 is 15.4 Å². The topological polar surface area (TPSA) is 80.3 Å². The van der Waals surface area contributed by atoms with Crippen molar-refractivity contribution in [1.82, 2.24) is 10.3 Å². The molecule has 0 spiro atoms. The van der Waals surface area contributed by atoms with Gasteiger partial charge in [-0.05, 0) is 49.4 Å². The van der Waals surface area contributed by atoms with Crippen LogP contribution in [0.3, 0.4) is 0 Å². The van der Waals surface area contributed by atoms with Crippen LogP contribution in [0.25, 0.3) is 10.2 Å². The average molecular weight is 478 g/mol. The highest BCUT2D eigenvalue weighted by Crippen LogP contribution is 2.31. The Morgan fingerprint density at radius 3 is 2.61 bits per heavy atom. The quantitative estimate of drug-likeness (QED) is 0.258. The van der Waals surface area contributed by atoms with Crippen LogP contribution in [-0.2, 0) is 4.79 Å². The molecule has 168 valence electrons. The fourth-order valence-corrected chi connectivity index (χ4v) is 4.94. The van der Waals surface area contributed by atoms with Crippen LogP contribution in [0.1, 0.15) is 15.9 Å². The second-order valence-electron chi connectivity index (χ2n) is 7.28. The lowest BCUT2D eigenvalue weighted by molar-refractivity contribution is -0.118. The summed E-state index contributed by atoms with van der Waals surface area (Å²) >= 11 is 2.89. The van der Waals surface area contributed by atoms with Crippen molar-refractivity contribution < 1.29 is 14.3 Å². The summed E-state index contributed by atoms with van der Waals surface area (Å²) in [6, 6.07) is 22.6. The average Bonchev–Trinajstić information content (AvgIpc) is 3.24. The van der Waals surface area contributed by atoms with E-state index in [0.29, 0.717) is 24.4 Å². The van der Waals surface area contributed by atoms with Crippen LogP contribution >= 0.6 is 23.1 Å². The van der Waals surface area contributed by atoms with Gasteiger partial charge in [0.1, 0.15) is 12.4 Å². The molecule has 8 heteroatoms. The maximum atomic E-state index is 12.5. The minimum absolute atomic E-state index is 0.0676. The number of carbonyl (C=O) groups is 2. The molecule has 4 aromatic rings. The van der Waals surface area contributed by atoms with Crippen molar-refractivity contribution in [2.45, 2.75) is 11.3 Å². The minimum Gasteiger partial charge on any atom is -0.492 e. The standard InChI is InChI=1S/C25H23N3O3S2/c1-17-7-9-18(10-8-17)24(30)27-19-11-12-21-22(15-19)33-25(28-21)32-16-23(29)26-13-14-31-20-5-3-2-4-6-20/h2-12,15H,13-14,16H2,1H3,(H,26,29)(H,27,30). The van der Waals surface area contributed by atoms with Crippen molar-refractivity contribution in [2.24, 2.45) is 0 Å². The zero-order valence-corrected chi connectivity index (χ0v) is 19.7. The second-order valence-corrected chi connectivity index (χ2v) is 9.54. The molecule has 0 atom stereocenters. The first kappa shape index (κ1) is 22.8. The predicted octanol–water partition coefficient (Wildman–Crippen LogP) is 5.14. The Bertz CT molecular complexity index is 1240. The number of nitrogens with zero attached hydrogens (tertiary/aromatic N) is 1. The molecule has 2 amide bonds. The van der Waals surface area contributed by atoms with Gasteiger partial charge in [-0.1, -0.05) is 47.7 Å². The molecule has 0 saturated heterocycles. The number of anilines is 1. The smallest absolute Gasteiger partial charge is 0.255 e. The third kappa shape index (κ3) is 6.57. The molecule has 4 rings (SSSR count). The highest BCUT2D eigenvalue weighted by atomic mass is 32.2. The molecule has 33 heavy (non-hydrogen) atoms. The first-order chi connectivity index (χ1) is 16.1. The van der Waals surface area contributed by atoms with Gasteiger partial charge in [0.2, 0.25) is 5.91 Å². The largest absolute Gasteiger partial charge is 0.492 e. The number of fused-ring (bicyclic) bond motifs is 1. The minimum atomic E-state index is -0.152. The predicted molar refractivity (Wildman–Crippen MR) is 134 cm³/mol. The number of hydrogen-bond acceptors (Lipinski definition) is 6. The number of benzene rings is 3. The van der Waals surface area contributed by atoms with Crippen molar-refractivity contribution >= 4 is 50.8 Å². The highest BCUT2D eigenvalue weighted by Gasteiger charge is 2.10. The summed E-state index contributed by atoms with van der Waals surface area (Å²) in [5.74, 6) is 0.843. The number of nitrogens with one attached hydrogen (secondary N) is 2. The fraction of sp³-hybridized carbons (Fsp3) is 0.160. The van der Waals surface area contributed by atoms with Crippen LogP contribution < -0.4 is 15.4 Å². The number of rotatable bonds is 9. The molecular weight excluding hydrogens is 454 g/mol. The van der Waals surface area contributed by atoms with Gasteiger partial charge in [-0.2, -0.15) is 0 Å². The molecule has 0 aliphatic heterocycles. The maximum absolute atomic E-state index is 12.5. The van der Waals surface area contributed by atoms with E-state index in [1.54, 1.807) is 0 Å². The number of aryl methyl sites for hydroxylation is 1. The fourth-order valence-electron chi connectivity index (χ4n) is 3.01. The molecule has 1 aromatic heterocycles. The van der Waals surface area contributed by atoms with Gasteiger partial charge in [0, 0.05) is 11.3 Å². The molecule has 0 unspecified atom stereocenters. The van der Waals surface area contributed by atoms with E-state index in [1.807, 2.05) is 79.7 Å². The highest BCUT2D eigenvalue weighted by molar-refractivity contribution is 8.01. The van der Waals surface area contributed by atoms with Gasteiger partial charge in [-0.25, -0.2) is 4.98 Å². The normalized spacial score (nSPS) is 10.7. The molecule has 0 saturated carbocycles. The van der Waals surface area contributed by atoms with E-state index in [4.69, 9.17) is 4.74 Å². The first-order valence-electron chi connectivity index (χ1n) is 10.4. The number of thiazole rings is 1. The van der Waals surface area contributed by atoms with E-state index in [-0.39, 0.29) is 17.6 Å². The summed E-state index contributed by atoms with van der Waals surface area (Å²) in [4.78, 5) is 29.1. The van der Waals surface area contributed by atoms with E-state index in [1.165, 1.54) is 23.1 Å². The second kappa shape index (κ2) is 11.0. The lowest BCUT2D eigenvalue weighted by Gasteiger charge is -2.07. The SMILES string of the molecule is Cc1ccc(C(=O)Nc2ccc3nc(SCC(=O)NCCOc4ccccc4)sc3c2)cc1. The van der Waals surface area contributed by atoms with Crippen molar-refractivity contribution in [3.05, 3.63) is 83.9 Å². The summed E-state index contributed by atoms with van der Waals surface area (Å²) in [6.45, 7) is 2.84. The maximum Gasteiger partial charge on any atom is 0.255 e. The summed E-state index contributed by atoms with van der Waals surface area (Å²) < 4.78 is 7.33. The number of para-hydroxylation sites is 1. The Labute approximate surface area is 200 Å². The van der Waals surface area contributed by atoms with Crippen LogP contribution in [0.15, 0.2) is 77.1 Å². The van der Waals surface area contributed by atoms with Gasteiger partial charge in [0.05, 0.1) is 22.5 Å². The lowest BCUT2D eigenvalue weighted by Crippen LogP contribution is -2.29. The number of aromatic nitrogens is 1. The molecule has 3 aromatic carbocycles. The monoisotopic (exact) mass is 477 g/mol. The molecule has 0 aliphatic rings. The molecule has 0 aliphatic carbocycles. The Morgan fingerprint density at radius 1 is 1.03 bits per heavy atom. The number of hydrogen-bond donors (Lipinski definition) is 2. The Morgan fingerprint density at radius 2 is 1.82 bits per heavy atom. The van der Waals surface area contributed by atoms with E-state index < -0.39 is 0 Å². The van der Waals surface area contributed by atoms with Gasteiger partial charge in [-0.15, -0.1) is 11.3 Å². The summed E-state index contributed by atoms with van der Waals surface area (Å²) in [5, 5.41) is 5.78. The van der Waals surface area contributed by atoms with Crippen LogP contribution in [0.5, 0.6) is 5.75 Å². The van der Waals surface area contributed by atoms with E-state index in [0.717, 1.165) is 25.9 Å². The van der Waals surface area contributed by atoms with Crippen LogP contribution in [0.2, 0.25) is 0 Å². The molecule has 6 nitrogen and oxygen atoms in total. The first-order valence-corrected chi connectivity index (χ1v) is 12.2. The third-order valence-electron chi connectivity index (χ3n) is 4.70. The van der Waals surface area contributed by atoms with Crippen LogP contribution in [0.4, 0.5) is 5.69 Å². The Balaban J connectivity index is 1.26. The van der Waals surface area contributed by atoms with Crippen molar-refractivity contribution in [3.63, 3.8) is 0 Å². The molecule has 0 radical (unpaired) electrons. The lowest BCUT2D eigenvalue weighted by atomic mass is 10.1. The molecule has 2 N–H and O–H groups in total. The molecule has 1 heterocycles. The van der Waals surface area contributed by atoms with Gasteiger partial charge in [-0.3, -0.25) is 9.59 Å². The zero-order valence-electron chi connectivity index (χ0n) is 18.0. The number of carbonyl (C=O) groups excluding carboxylic acids is 2. The third-order valence-corrected chi connectivity index (χ3v) is 6.86. The van der Waals surface area contributed by atoms with Gasteiger partial charge >= 0.3 is 0 Å². The van der Waals surface area contributed by atoms with Crippen LogP contribution in [0, 0.1) is 6.92 Å². The van der Waals surface area contributed by atoms with Crippen molar-refractivity contribution in [2.75, 3.05) is 24.2 Å². The summed E-state index contributed by atoms with van der Waals surface area (Å²) in [7, 11) is 0. The van der Waals surface area contributed by atoms with Gasteiger partial charge in [0.15, 0.2) is 4.34 Å². The molecule has 0 fully saturated rings. The number of ether oxygens (including phenoxy) is 1. The van der Waals surface area contributed by atoms with Gasteiger partial charge in [0.25, 0.3) is 5.91 Å². The van der Waals surface area contributed by atoms with E-state index >= 15 is 0 Å². The summed E-state index contributed by atoms with van der Waals surface area (Å²) in [5.41, 5.74) is 3.27. The summed E-state index contributed by atoms with van der Waals surface area (Å²) in [6.07, 6.45) is 0.